The van der Waals surface area contributed by atoms with Gasteiger partial charge in [0.2, 0.25) is 5.91 Å². The number of nitrogens with one attached hydrogen (secondary N) is 1. The Kier molecular flexibility index (Phi) is 4.94. The number of hydrogen-bond acceptors (Lipinski definition) is 4. The van der Waals surface area contributed by atoms with Crippen LogP contribution in [0, 0.1) is 11.7 Å². The molecule has 0 unspecified atom stereocenters. The number of fused-ring (bicyclic) bond motifs is 1. The summed E-state index contributed by atoms with van der Waals surface area (Å²) in [4.78, 5) is 29.7. The summed E-state index contributed by atoms with van der Waals surface area (Å²) >= 11 is 1.35. The van der Waals surface area contributed by atoms with Crippen molar-refractivity contribution in [3.63, 3.8) is 0 Å². The second-order valence-corrected chi connectivity index (χ2v) is 7.07. The average Bonchev–Trinajstić information content (AvgIpc) is 3.01. The van der Waals surface area contributed by atoms with Crippen LogP contribution in [0.4, 0.5) is 4.39 Å². The van der Waals surface area contributed by atoms with E-state index in [1.807, 2.05) is 19.2 Å². The number of rotatable bonds is 5. The van der Waals surface area contributed by atoms with Gasteiger partial charge in [0.1, 0.15) is 17.2 Å². The van der Waals surface area contributed by atoms with Gasteiger partial charge in [0.25, 0.3) is 5.56 Å². The molecule has 1 amide bonds. The van der Waals surface area contributed by atoms with Gasteiger partial charge in [-0.15, -0.1) is 11.3 Å². The van der Waals surface area contributed by atoms with E-state index >= 15 is 0 Å². The number of thiophene rings is 1. The molecule has 3 aromatic rings. The number of carbonyl (C=O) groups is 1. The van der Waals surface area contributed by atoms with E-state index in [4.69, 9.17) is 0 Å². The van der Waals surface area contributed by atoms with Crippen LogP contribution in [0.15, 0.2) is 40.8 Å². The first kappa shape index (κ1) is 17.3. The van der Waals surface area contributed by atoms with Gasteiger partial charge in [-0.2, -0.15) is 0 Å². The summed E-state index contributed by atoms with van der Waals surface area (Å²) in [5, 5.41) is 5.07. The Bertz CT molecular complexity index is 961. The zero-order chi connectivity index (χ0) is 18.0. The van der Waals surface area contributed by atoms with Crippen LogP contribution in [0.2, 0.25) is 0 Å². The highest BCUT2D eigenvalue weighted by Gasteiger charge is 2.14. The second kappa shape index (κ2) is 7.14. The predicted octanol–water partition coefficient (Wildman–Crippen LogP) is 3.04. The lowest BCUT2D eigenvalue weighted by Gasteiger charge is -2.09. The van der Waals surface area contributed by atoms with Crippen LogP contribution >= 0.6 is 11.3 Å². The number of aromatic nitrogens is 2. The van der Waals surface area contributed by atoms with Gasteiger partial charge >= 0.3 is 0 Å². The number of nitrogens with zero attached hydrogens (tertiary/aromatic N) is 2. The summed E-state index contributed by atoms with van der Waals surface area (Å²) in [7, 11) is 0. The topological polar surface area (TPSA) is 64.0 Å². The molecule has 7 heteroatoms. The van der Waals surface area contributed by atoms with Crippen molar-refractivity contribution in [1.29, 1.82) is 0 Å². The Morgan fingerprint density at radius 3 is 2.72 bits per heavy atom. The lowest BCUT2D eigenvalue weighted by atomic mass is 10.1. The molecule has 2 aromatic heterocycles. The van der Waals surface area contributed by atoms with Gasteiger partial charge in [-0.05, 0) is 23.6 Å². The van der Waals surface area contributed by atoms with Crippen LogP contribution in [-0.4, -0.2) is 22.0 Å². The molecule has 0 saturated carbocycles. The van der Waals surface area contributed by atoms with E-state index in [0.29, 0.717) is 28.2 Å². The van der Waals surface area contributed by atoms with Crippen LogP contribution in [0.3, 0.4) is 0 Å². The fourth-order valence-corrected chi connectivity index (χ4v) is 3.36. The Labute approximate surface area is 148 Å². The minimum absolute atomic E-state index is 0.0762. The standard InChI is InChI=1S/C18H18FN3O2S/c1-11(2)7-20-15(23)8-22-10-21-17-16(18(22)24)14(9-25-17)12-3-5-13(19)6-4-12/h3-6,9-11H,7-8H2,1-2H3,(H,20,23). The molecule has 1 aromatic carbocycles. The van der Waals surface area contributed by atoms with Crippen molar-refractivity contribution >= 4 is 27.5 Å². The number of carbonyl (C=O) groups excluding carboxylic acids is 1. The normalized spacial score (nSPS) is 11.2. The lowest BCUT2D eigenvalue weighted by Crippen LogP contribution is -2.34. The molecule has 5 nitrogen and oxygen atoms in total. The Morgan fingerprint density at radius 1 is 1.32 bits per heavy atom. The zero-order valence-electron chi connectivity index (χ0n) is 14.0. The molecule has 0 saturated heterocycles. The Morgan fingerprint density at radius 2 is 2.04 bits per heavy atom. The van der Waals surface area contributed by atoms with Crippen LogP contribution in [-0.2, 0) is 11.3 Å². The van der Waals surface area contributed by atoms with Crippen molar-refractivity contribution in [3.8, 4) is 11.1 Å². The maximum absolute atomic E-state index is 13.1. The summed E-state index contributed by atoms with van der Waals surface area (Å²) in [6.45, 7) is 4.48. The molecule has 3 rings (SSSR count). The molecule has 0 fully saturated rings. The molecular weight excluding hydrogens is 341 g/mol. The minimum Gasteiger partial charge on any atom is -0.354 e. The third-order valence-corrected chi connectivity index (χ3v) is 4.62. The maximum Gasteiger partial charge on any atom is 0.263 e. The first-order chi connectivity index (χ1) is 12.0. The van der Waals surface area contributed by atoms with E-state index in [2.05, 4.69) is 10.3 Å². The summed E-state index contributed by atoms with van der Waals surface area (Å²) in [6.07, 6.45) is 1.39. The van der Waals surface area contributed by atoms with Crippen LogP contribution < -0.4 is 10.9 Å². The van der Waals surface area contributed by atoms with E-state index in [9.17, 15) is 14.0 Å². The number of halogens is 1. The first-order valence-electron chi connectivity index (χ1n) is 7.95. The van der Waals surface area contributed by atoms with Crippen LogP contribution in [0.25, 0.3) is 21.3 Å². The highest BCUT2D eigenvalue weighted by atomic mass is 32.1. The largest absolute Gasteiger partial charge is 0.354 e. The Hall–Kier alpha value is -2.54. The van der Waals surface area contributed by atoms with Crippen LogP contribution in [0.5, 0.6) is 0 Å². The molecule has 2 heterocycles. The first-order valence-corrected chi connectivity index (χ1v) is 8.83. The fourth-order valence-electron chi connectivity index (χ4n) is 2.45. The van der Waals surface area contributed by atoms with Gasteiger partial charge < -0.3 is 5.32 Å². The van der Waals surface area contributed by atoms with Crippen LogP contribution in [0.1, 0.15) is 13.8 Å². The molecular formula is C18H18FN3O2S. The van der Waals surface area contributed by atoms with E-state index in [-0.39, 0.29) is 23.8 Å². The summed E-state index contributed by atoms with van der Waals surface area (Å²) < 4.78 is 14.4. The molecule has 0 atom stereocenters. The van der Waals surface area contributed by atoms with E-state index in [1.54, 1.807) is 12.1 Å². The minimum atomic E-state index is -0.333. The van der Waals surface area contributed by atoms with Crippen molar-refractivity contribution in [3.05, 3.63) is 52.1 Å². The number of hydrogen-bond donors (Lipinski definition) is 1. The molecule has 25 heavy (non-hydrogen) atoms. The van der Waals surface area contributed by atoms with Crippen molar-refractivity contribution in [2.24, 2.45) is 5.92 Å². The van der Waals surface area contributed by atoms with E-state index < -0.39 is 0 Å². The summed E-state index contributed by atoms with van der Waals surface area (Å²) in [5.41, 5.74) is 1.17. The second-order valence-electron chi connectivity index (χ2n) is 6.21. The molecule has 0 radical (unpaired) electrons. The highest BCUT2D eigenvalue weighted by molar-refractivity contribution is 7.17. The molecule has 0 spiro atoms. The zero-order valence-corrected chi connectivity index (χ0v) is 14.8. The summed E-state index contributed by atoms with van der Waals surface area (Å²) in [6, 6.07) is 5.96. The lowest BCUT2D eigenvalue weighted by molar-refractivity contribution is -0.121. The molecule has 0 bridgehead atoms. The van der Waals surface area contributed by atoms with Crippen molar-refractivity contribution < 1.29 is 9.18 Å². The van der Waals surface area contributed by atoms with Gasteiger partial charge in [-0.25, -0.2) is 9.37 Å². The van der Waals surface area contributed by atoms with Crippen molar-refractivity contribution in [1.82, 2.24) is 14.9 Å². The third-order valence-electron chi connectivity index (χ3n) is 3.74. The van der Waals surface area contributed by atoms with Gasteiger partial charge in [-0.3, -0.25) is 14.2 Å². The third kappa shape index (κ3) is 3.76. The fraction of sp³-hybridized carbons (Fsp3) is 0.278. The van der Waals surface area contributed by atoms with E-state index in [0.717, 1.165) is 5.56 Å². The van der Waals surface area contributed by atoms with E-state index in [1.165, 1.54) is 34.4 Å². The Balaban J connectivity index is 1.96. The van der Waals surface area contributed by atoms with Gasteiger partial charge in [0, 0.05) is 17.5 Å². The van der Waals surface area contributed by atoms with Gasteiger partial charge in [0.15, 0.2) is 0 Å². The molecule has 0 aliphatic heterocycles. The van der Waals surface area contributed by atoms with Crippen molar-refractivity contribution in [2.45, 2.75) is 20.4 Å². The highest BCUT2D eigenvalue weighted by Crippen LogP contribution is 2.30. The molecule has 0 aliphatic carbocycles. The van der Waals surface area contributed by atoms with Gasteiger partial charge in [0.05, 0.1) is 11.7 Å². The molecule has 130 valence electrons. The van der Waals surface area contributed by atoms with Gasteiger partial charge in [-0.1, -0.05) is 26.0 Å². The average molecular weight is 359 g/mol. The number of benzene rings is 1. The molecule has 0 aliphatic rings. The quantitative estimate of drug-likeness (QED) is 0.762. The smallest absolute Gasteiger partial charge is 0.263 e. The van der Waals surface area contributed by atoms with Crippen molar-refractivity contribution in [2.75, 3.05) is 6.54 Å². The summed E-state index contributed by atoms with van der Waals surface area (Å²) in [5.74, 6) is -0.223. The predicted molar refractivity (Wildman–Crippen MR) is 97.1 cm³/mol. The maximum atomic E-state index is 13.1. The molecule has 1 N–H and O–H groups in total. The number of amides is 1. The SMILES string of the molecule is CC(C)CNC(=O)Cn1cnc2scc(-c3ccc(F)cc3)c2c1=O. The monoisotopic (exact) mass is 359 g/mol.